The third-order valence-electron chi connectivity index (χ3n) is 5.40. The molecule has 1 aliphatic rings. The zero-order valence-corrected chi connectivity index (χ0v) is 17.7. The monoisotopic (exact) mass is 368 g/mol. The lowest BCUT2D eigenvalue weighted by Gasteiger charge is -2.43. The Balaban J connectivity index is 2.81. The van der Waals surface area contributed by atoms with E-state index in [4.69, 9.17) is 14.3 Å². The van der Waals surface area contributed by atoms with E-state index in [1.165, 1.54) is 6.08 Å². The maximum absolute atomic E-state index is 10.7. The minimum absolute atomic E-state index is 0.0149. The Morgan fingerprint density at radius 2 is 1.96 bits per heavy atom. The zero-order valence-electron chi connectivity index (χ0n) is 16.7. The van der Waals surface area contributed by atoms with Crippen molar-refractivity contribution in [2.75, 3.05) is 0 Å². The van der Waals surface area contributed by atoms with Gasteiger partial charge < -0.3 is 14.3 Å². The zero-order chi connectivity index (χ0) is 19.3. The van der Waals surface area contributed by atoms with Gasteiger partial charge in [0.25, 0.3) is 0 Å². The second-order valence-electron chi connectivity index (χ2n) is 8.78. The van der Waals surface area contributed by atoms with Crippen molar-refractivity contribution in [1.82, 2.24) is 0 Å². The molecule has 0 aromatic carbocycles. The van der Waals surface area contributed by atoms with Crippen molar-refractivity contribution in [1.29, 1.82) is 0 Å². The predicted molar refractivity (Wildman–Crippen MR) is 105 cm³/mol. The molecule has 0 aliphatic carbocycles. The smallest absolute Gasteiger partial charge is 0.327 e. The summed E-state index contributed by atoms with van der Waals surface area (Å²) in [5, 5.41) is 8.96. The van der Waals surface area contributed by atoms with Gasteiger partial charge in [0.1, 0.15) is 0 Å². The van der Waals surface area contributed by atoms with Crippen molar-refractivity contribution in [3.63, 3.8) is 0 Å². The molecule has 4 atom stereocenters. The highest BCUT2D eigenvalue weighted by atomic mass is 28.4. The molecule has 0 spiro atoms. The van der Waals surface area contributed by atoms with E-state index in [1.807, 2.05) is 6.08 Å². The highest BCUT2D eigenvalue weighted by Crippen LogP contribution is 2.39. The molecular weight excluding hydrogens is 332 g/mol. The van der Waals surface area contributed by atoms with Crippen LogP contribution in [0.15, 0.2) is 24.8 Å². The van der Waals surface area contributed by atoms with Crippen molar-refractivity contribution in [2.24, 2.45) is 5.92 Å². The van der Waals surface area contributed by atoms with Gasteiger partial charge in [0.2, 0.25) is 0 Å². The fraction of sp³-hybridized carbons (Fsp3) is 0.750. The second-order valence-corrected chi connectivity index (χ2v) is 13.5. The van der Waals surface area contributed by atoms with Gasteiger partial charge in [-0.15, -0.1) is 6.58 Å². The molecule has 0 unspecified atom stereocenters. The van der Waals surface area contributed by atoms with E-state index in [9.17, 15) is 4.79 Å². The van der Waals surface area contributed by atoms with Crippen LogP contribution in [0.1, 0.15) is 53.4 Å². The molecule has 1 heterocycles. The Morgan fingerprint density at radius 3 is 2.48 bits per heavy atom. The van der Waals surface area contributed by atoms with Gasteiger partial charge in [-0.3, -0.25) is 0 Å². The number of hydrogen-bond donors (Lipinski definition) is 1. The van der Waals surface area contributed by atoms with E-state index >= 15 is 0 Å². The van der Waals surface area contributed by atoms with E-state index in [0.29, 0.717) is 12.3 Å². The number of aliphatic carboxylic acids is 1. The van der Waals surface area contributed by atoms with Gasteiger partial charge in [-0.1, -0.05) is 39.8 Å². The van der Waals surface area contributed by atoms with Crippen molar-refractivity contribution < 1.29 is 19.1 Å². The largest absolute Gasteiger partial charge is 0.478 e. The van der Waals surface area contributed by atoms with Gasteiger partial charge in [-0.05, 0) is 49.7 Å². The fourth-order valence-corrected chi connectivity index (χ4v) is 4.27. The lowest BCUT2D eigenvalue weighted by atomic mass is 9.93. The molecule has 0 radical (unpaired) electrons. The minimum atomic E-state index is -1.84. The minimum Gasteiger partial charge on any atom is -0.478 e. The van der Waals surface area contributed by atoms with Crippen LogP contribution < -0.4 is 0 Å². The predicted octanol–water partition coefficient (Wildman–Crippen LogP) is 5.17. The molecule has 0 bridgehead atoms. The molecule has 1 N–H and O–H groups in total. The standard InChI is InChI=1S/C20H36O4Si/c1-8-15(2)12-17-14-18(24-25(6,7)20(3,4)5)13-16(23-17)10-9-11-19(21)22/h8-9,11,15-18H,1,10,12-14H2,2-7H3,(H,21,22)/b11-9+/t15-,16-,17+,18+/m0/s1. The number of rotatable bonds is 8. The first kappa shape index (κ1) is 22.1. The lowest BCUT2D eigenvalue weighted by molar-refractivity contribution is -0.131. The Morgan fingerprint density at radius 1 is 1.36 bits per heavy atom. The van der Waals surface area contributed by atoms with Crippen LogP contribution in [0, 0.1) is 5.92 Å². The number of hydrogen-bond acceptors (Lipinski definition) is 3. The third-order valence-corrected chi connectivity index (χ3v) is 9.94. The Labute approximate surface area is 154 Å². The van der Waals surface area contributed by atoms with Crippen LogP contribution in [0.2, 0.25) is 18.1 Å². The normalized spacial score (nSPS) is 26.6. The first-order valence-corrected chi connectivity index (χ1v) is 12.2. The van der Waals surface area contributed by atoms with Crippen molar-refractivity contribution in [2.45, 2.75) is 89.8 Å². The Bertz CT molecular complexity index is 479. The van der Waals surface area contributed by atoms with Crippen molar-refractivity contribution >= 4 is 14.3 Å². The summed E-state index contributed by atoms with van der Waals surface area (Å²) in [6.07, 6.45) is 8.46. The fourth-order valence-electron chi connectivity index (χ4n) is 2.89. The van der Waals surface area contributed by atoms with Crippen LogP contribution in [0.3, 0.4) is 0 Å². The summed E-state index contributed by atoms with van der Waals surface area (Å²) in [5.74, 6) is -0.520. The molecule has 1 fully saturated rings. The topological polar surface area (TPSA) is 55.8 Å². The number of allylic oxidation sites excluding steroid dienone is 1. The summed E-state index contributed by atoms with van der Waals surface area (Å²) in [6, 6.07) is 0. The SMILES string of the molecule is C=C[C@H](C)C[C@@H]1C[C@H](O[Si](C)(C)C(C)(C)C)C[C@H](C/C=C/C(=O)O)O1. The molecule has 1 rings (SSSR count). The summed E-state index contributed by atoms with van der Waals surface area (Å²) in [7, 11) is -1.84. The van der Waals surface area contributed by atoms with Crippen LogP contribution in [-0.4, -0.2) is 37.7 Å². The maximum Gasteiger partial charge on any atom is 0.327 e. The van der Waals surface area contributed by atoms with Crippen LogP contribution in [-0.2, 0) is 14.0 Å². The number of carboxylic acids is 1. The van der Waals surface area contributed by atoms with E-state index < -0.39 is 14.3 Å². The summed E-state index contributed by atoms with van der Waals surface area (Å²) >= 11 is 0. The molecule has 144 valence electrons. The number of ether oxygens (including phenoxy) is 1. The molecular formula is C20H36O4Si. The molecule has 1 saturated heterocycles. The molecule has 0 aromatic heterocycles. The second kappa shape index (κ2) is 9.15. The third kappa shape index (κ3) is 7.46. The van der Waals surface area contributed by atoms with Gasteiger partial charge in [0.15, 0.2) is 8.32 Å². The maximum atomic E-state index is 10.7. The van der Waals surface area contributed by atoms with Crippen LogP contribution >= 0.6 is 0 Å². The number of carbonyl (C=O) groups is 1. The summed E-state index contributed by atoms with van der Waals surface area (Å²) in [6.45, 7) is 17.3. The summed E-state index contributed by atoms with van der Waals surface area (Å²) in [5.41, 5.74) is 0. The van der Waals surface area contributed by atoms with E-state index in [1.54, 1.807) is 6.08 Å². The van der Waals surface area contributed by atoms with Crippen LogP contribution in [0.4, 0.5) is 0 Å². The first-order valence-electron chi connectivity index (χ1n) is 9.30. The van der Waals surface area contributed by atoms with Gasteiger partial charge >= 0.3 is 5.97 Å². The number of carboxylic acid groups (broad SMARTS) is 1. The van der Waals surface area contributed by atoms with Gasteiger partial charge in [-0.25, -0.2) is 4.79 Å². The van der Waals surface area contributed by atoms with Gasteiger partial charge in [-0.2, -0.15) is 0 Å². The average molecular weight is 369 g/mol. The molecule has 0 saturated carbocycles. The van der Waals surface area contributed by atoms with E-state index in [-0.39, 0.29) is 23.4 Å². The van der Waals surface area contributed by atoms with Crippen molar-refractivity contribution in [3.05, 3.63) is 24.8 Å². The molecule has 4 nitrogen and oxygen atoms in total. The van der Waals surface area contributed by atoms with Crippen molar-refractivity contribution in [3.8, 4) is 0 Å². The summed E-state index contributed by atoms with van der Waals surface area (Å²) < 4.78 is 12.9. The highest BCUT2D eigenvalue weighted by Gasteiger charge is 2.41. The van der Waals surface area contributed by atoms with Crippen LogP contribution in [0.5, 0.6) is 0 Å². The van der Waals surface area contributed by atoms with E-state index in [2.05, 4.69) is 47.4 Å². The highest BCUT2D eigenvalue weighted by molar-refractivity contribution is 6.74. The van der Waals surface area contributed by atoms with E-state index in [0.717, 1.165) is 19.3 Å². The average Bonchev–Trinajstić information content (AvgIpc) is 2.44. The first-order chi connectivity index (χ1) is 11.4. The molecule has 1 aliphatic heterocycles. The summed E-state index contributed by atoms with van der Waals surface area (Å²) in [4.78, 5) is 10.7. The molecule has 5 heteroatoms. The van der Waals surface area contributed by atoms with Crippen LogP contribution in [0.25, 0.3) is 0 Å². The van der Waals surface area contributed by atoms with Gasteiger partial charge in [0, 0.05) is 12.2 Å². The van der Waals surface area contributed by atoms with Gasteiger partial charge in [0.05, 0.1) is 12.2 Å². The lowest BCUT2D eigenvalue weighted by Crippen LogP contribution is -2.47. The Hall–Kier alpha value is -0.913. The molecule has 25 heavy (non-hydrogen) atoms. The Kier molecular flexibility index (Phi) is 8.10. The quantitative estimate of drug-likeness (QED) is 0.365. The molecule has 0 aromatic rings. The molecule has 0 amide bonds.